The van der Waals surface area contributed by atoms with Crippen molar-refractivity contribution in [3.8, 4) is 0 Å². The molecule has 0 radical (unpaired) electrons. The number of benzene rings is 1. The van der Waals surface area contributed by atoms with Crippen molar-refractivity contribution >= 4 is 39.3 Å². The van der Waals surface area contributed by atoms with Crippen LogP contribution in [0.5, 0.6) is 0 Å². The molecule has 2 aromatic rings. The Morgan fingerprint density at radius 1 is 1.22 bits per heavy atom. The maximum absolute atomic E-state index is 13.5. The SMILES string of the molecule is C[C@H](NS(=O)(=O)c1c(Cl)c(C(=O)Nc2ccc(F)c(F)c2)n2c1C=CCCC2)C(F)(F)F. The highest BCUT2D eigenvalue weighted by atomic mass is 35.5. The average Bonchev–Trinajstić information content (AvgIpc) is 2.80. The molecule has 0 aliphatic carbocycles. The number of hydrogen-bond acceptors (Lipinski definition) is 3. The van der Waals surface area contributed by atoms with E-state index in [1.54, 1.807) is 6.08 Å². The number of carbonyl (C=O) groups is 1. The zero-order chi connectivity index (χ0) is 23.8. The lowest BCUT2D eigenvalue weighted by Gasteiger charge is -2.17. The van der Waals surface area contributed by atoms with E-state index in [-0.39, 0.29) is 23.6 Å². The van der Waals surface area contributed by atoms with Gasteiger partial charge in [-0.3, -0.25) is 4.79 Å². The Bertz CT molecular complexity index is 1190. The number of nitrogens with one attached hydrogen (secondary N) is 2. The van der Waals surface area contributed by atoms with Gasteiger partial charge in [0.15, 0.2) is 11.6 Å². The van der Waals surface area contributed by atoms with Gasteiger partial charge in [-0.25, -0.2) is 17.2 Å². The van der Waals surface area contributed by atoms with Crippen molar-refractivity contribution in [1.29, 1.82) is 0 Å². The first-order valence-corrected chi connectivity index (χ1v) is 11.1. The van der Waals surface area contributed by atoms with Crippen LogP contribution in [0.4, 0.5) is 27.6 Å². The molecular weight excluding hydrogens is 481 g/mol. The van der Waals surface area contributed by atoms with Crippen LogP contribution in [0.25, 0.3) is 6.08 Å². The van der Waals surface area contributed by atoms with Gasteiger partial charge in [0.1, 0.15) is 16.6 Å². The van der Waals surface area contributed by atoms with Crippen LogP contribution in [0.15, 0.2) is 29.2 Å². The largest absolute Gasteiger partial charge is 0.404 e. The zero-order valence-electron chi connectivity index (χ0n) is 16.4. The molecule has 13 heteroatoms. The fourth-order valence-corrected chi connectivity index (χ4v) is 5.23. The Morgan fingerprint density at radius 3 is 2.53 bits per heavy atom. The van der Waals surface area contributed by atoms with E-state index in [1.807, 2.05) is 0 Å². The predicted molar refractivity (Wildman–Crippen MR) is 108 cm³/mol. The number of halogens is 6. The molecule has 0 spiro atoms. The molecule has 1 atom stereocenters. The van der Waals surface area contributed by atoms with Gasteiger partial charge < -0.3 is 9.88 Å². The Labute approximate surface area is 185 Å². The van der Waals surface area contributed by atoms with E-state index in [4.69, 9.17) is 11.6 Å². The highest BCUT2D eigenvalue weighted by Crippen LogP contribution is 2.36. The van der Waals surface area contributed by atoms with E-state index in [2.05, 4.69) is 5.32 Å². The summed E-state index contributed by atoms with van der Waals surface area (Å²) in [5.41, 5.74) is -0.527. The number of allylic oxidation sites excluding steroid dienone is 1. The van der Waals surface area contributed by atoms with Crippen molar-refractivity contribution in [2.75, 3.05) is 5.32 Å². The molecule has 0 unspecified atom stereocenters. The number of fused-ring (bicyclic) bond motifs is 1. The maximum atomic E-state index is 13.5. The third kappa shape index (κ3) is 4.81. The number of hydrogen-bond donors (Lipinski definition) is 2. The van der Waals surface area contributed by atoms with Crippen LogP contribution in [0.1, 0.15) is 35.9 Å². The van der Waals surface area contributed by atoms with Crippen LogP contribution < -0.4 is 10.0 Å². The van der Waals surface area contributed by atoms with Crippen LogP contribution in [0.3, 0.4) is 0 Å². The highest BCUT2D eigenvalue weighted by molar-refractivity contribution is 7.89. The first-order valence-electron chi connectivity index (χ1n) is 9.27. The second-order valence-corrected chi connectivity index (χ2v) is 9.07. The topological polar surface area (TPSA) is 80.2 Å². The molecule has 6 nitrogen and oxygen atoms in total. The Balaban J connectivity index is 2.09. The van der Waals surface area contributed by atoms with Gasteiger partial charge >= 0.3 is 6.18 Å². The number of amides is 1. The molecule has 1 amide bonds. The summed E-state index contributed by atoms with van der Waals surface area (Å²) in [7, 11) is -4.79. The molecule has 1 aliphatic heterocycles. The molecule has 0 bridgehead atoms. The van der Waals surface area contributed by atoms with Gasteiger partial charge in [-0.05, 0) is 38.0 Å². The van der Waals surface area contributed by atoms with Gasteiger partial charge in [0.05, 0.1) is 10.7 Å². The zero-order valence-corrected chi connectivity index (χ0v) is 18.0. The first-order chi connectivity index (χ1) is 14.8. The number of carbonyl (C=O) groups excluding carboxylic acids is 1. The average molecular weight is 498 g/mol. The van der Waals surface area contributed by atoms with Gasteiger partial charge in [0.25, 0.3) is 5.91 Å². The van der Waals surface area contributed by atoms with Gasteiger partial charge in [0.2, 0.25) is 10.0 Å². The van der Waals surface area contributed by atoms with E-state index in [0.717, 1.165) is 18.2 Å². The van der Waals surface area contributed by atoms with Gasteiger partial charge in [-0.15, -0.1) is 0 Å². The minimum atomic E-state index is -4.85. The number of anilines is 1. The lowest BCUT2D eigenvalue weighted by molar-refractivity contribution is -0.147. The van der Waals surface area contributed by atoms with Crippen LogP contribution in [0.2, 0.25) is 5.02 Å². The molecule has 32 heavy (non-hydrogen) atoms. The summed E-state index contributed by atoms with van der Waals surface area (Å²) < 4.78 is 93.8. The summed E-state index contributed by atoms with van der Waals surface area (Å²) in [5, 5.41) is 1.71. The second kappa shape index (κ2) is 8.83. The maximum Gasteiger partial charge on any atom is 0.404 e. The third-order valence-electron chi connectivity index (χ3n) is 4.71. The number of nitrogens with zero attached hydrogens (tertiary/aromatic N) is 1. The van der Waals surface area contributed by atoms with Crippen LogP contribution >= 0.6 is 11.6 Å². The smallest absolute Gasteiger partial charge is 0.335 e. The van der Waals surface area contributed by atoms with Crippen molar-refractivity contribution < 1.29 is 35.2 Å². The standard InChI is InChI=1S/C19H17ClF5N3O3S/c1-10(19(23,24)25)27-32(30,31)17-14-5-3-2-4-8-28(14)16(15(17)20)18(29)26-11-6-7-12(21)13(22)9-11/h3,5-7,9-10,27H,2,4,8H2,1H3,(H,26,29)/t10-/m0/s1. The molecule has 1 aliphatic rings. The number of aromatic nitrogens is 1. The van der Waals surface area contributed by atoms with Crippen molar-refractivity contribution in [1.82, 2.24) is 9.29 Å². The minimum absolute atomic E-state index is 0.0650. The number of alkyl halides is 3. The Kier molecular flexibility index (Phi) is 6.68. The summed E-state index contributed by atoms with van der Waals surface area (Å²) in [5.74, 6) is -3.30. The molecule has 0 saturated heterocycles. The van der Waals surface area contributed by atoms with E-state index >= 15 is 0 Å². The molecule has 0 fully saturated rings. The molecule has 1 aromatic carbocycles. The van der Waals surface area contributed by atoms with Crippen LogP contribution in [-0.2, 0) is 16.6 Å². The summed E-state index contributed by atoms with van der Waals surface area (Å²) in [4.78, 5) is 12.2. The lowest BCUT2D eigenvalue weighted by Crippen LogP contribution is -2.43. The van der Waals surface area contributed by atoms with Crippen molar-refractivity contribution in [3.05, 3.63) is 52.3 Å². The van der Waals surface area contributed by atoms with Gasteiger partial charge in [0, 0.05) is 18.3 Å². The number of rotatable bonds is 5. The minimum Gasteiger partial charge on any atom is -0.335 e. The monoisotopic (exact) mass is 497 g/mol. The molecule has 2 N–H and O–H groups in total. The molecule has 0 saturated carbocycles. The first kappa shape index (κ1) is 24.2. The summed E-state index contributed by atoms with van der Waals surface area (Å²) >= 11 is 6.22. The fourth-order valence-electron chi connectivity index (χ4n) is 3.14. The number of sulfonamides is 1. The molecule has 1 aromatic heterocycles. The highest BCUT2D eigenvalue weighted by Gasteiger charge is 2.41. The third-order valence-corrected chi connectivity index (χ3v) is 6.81. The molecule has 3 rings (SSSR count). The van der Waals surface area contributed by atoms with Crippen molar-refractivity contribution in [3.63, 3.8) is 0 Å². The van der Waals surface area contributed by atoms with E-state index in [9.17, 15) is 35.2 Å². The molecule has 174 valence electrons. The fraction of sp³-hybridized carbons (Fsp3) is 0.316. The summed E-state index contributed by atoms with van der Waals surface area (Å²) in [6.45, 7) is 0.777. The Hall–Kier alpha value is -2.44. The van der Waals surface area contributed by atoms with Crippen LogP contribution in [0, 0.1) is 11.6 Å². The van der Waals surface area contributed by atoms with Crippen molar-refractivity contribution in [2.24, 2.45) is 0 Å². The second-order valence-electron chi connectivity index (χ2n) is 7.04. The quantitative estimate of drug-likeness (QED) is 0.587. The van der Waals surface area contributed by atoms with Gasteiger partial charge in [-0.2, -0.15) is 17.9 Å². The Morgan fingerprint density at radius 2 is 1.91 bits per heavy atom. The molecule has 2 heterocycles. The van der Waals surface area contributed by atoms with Gasteiger partial charge in [-0.1, -0.05) is 17.7 Å². The predicted octanol–water partition coefficient (Wildman–Crippen LogP) is 4.71. The van der Waals surface area contributed by atoms with Crippen molar-refractivity contribution in [2.45, 2.75) is 43.4 Å². The summed E-state index contributed by atoms with van der Waals surface area (Å²) in [6.07, 6.45) is -0.862. The van der Waals surface area contributed by atoms with E-state index in [1.165, 1.54) is 15.4 Å². The normalized spacial score (nSPS) is 15.2. The van der Waals surface area contributed by atoms with Crippen LogP contribution in [-0.4, -0.2) is 31.1 Å². The van der Waals surface area contributed by atoms with E-state index in [0.29, 0.717) is 19.8 Å². The lowest BCUT2D eigenvalue weighted by atomic mass is 10.2. The van der Waals surface area contributed by atoms with E-state index < -0.39 is 49.7 Å². The summed E-state index contributed by atoms with van der Waals surface area (Å²) in [6, 6.07) is 0.179. The molecular formula is C19H17ClF5N3O3S.